The van der Waals surface area contributed by atoms with Gasteiger partial charge < -0.3 is 9.64 Å². The van der Waals surface area contributed by atoms with E-state index in [0.29, 0.717) is 12.8 Å². The molecule has 0 amide bonds. The van der Waals surface area contributed by atoms with Crippen molar-refractivity contribution in [3.63, 3.8) is 0 Å². The Morgan fingerprint density at radius 2 is 1.87 bits per heavy atom. The van der Waals surface area contributed by atoms with Crippen molar-refractivity contribution in [2.45, 2.75) is 19.8 Å². The summed E-state index contributed by atoms with van der Waals surface area (Å²) in [4.78, 5) is 19.1. The Balaban J connectivity index is 1.59. The average molecular weight is 310 g/mol. The van der Waals surface area contributed by atoms with Crippen molar-refractivity contribution < 1.29 is 9.53 Å². The minimum Gasteiger partial charge on any atom is -0.378 e. The van der Waals surface area contributed by atoms with Gasteiger partial charge >= 0.3 is 0 Å². The summed E-state index contributed by atoms with van der Waals surface area (Å²) in [5.41, 5.74) is 3.90. The number of carbonyl (C=O) groups is 1. The van der Waals surface area contributed by atoms with Crippen LogP contribution in [0, 0.1) is 6.92 Å². The van der Waals surface area contributed by atoms with Gasteiger partial charge in [-0.2, -0.15) is 0 Å². The predicted molar refractivity (Wildman–Crippen MR) is 91.1 cm³/mol. The molecular weight excluding hydrogens is 288 g/mol. The van der Waals surface area contributed by atoms with Crippen LogP contribution < -0.4 is 4.90 Å². The molecule has 0 aliphatic carbocycles. The molecule has 2 heterocycles. The number of morpholine rings is 1. The van der Waals surface area contributed by atoms with Gasteiger partial charge in [0.25, 0.3) is 0 Å². The molecule has 0 N–H and O–H groups in total. The molecule has 0 saturated carbocycles. The lowest BCUT2D eigenvalue weighted by Gasteiger charge is -2.28. The zero-order chi connectivity index (χ0) is 16.1. The Kier molecular flexibility index (Phi) is 5.03. The smallest absolute Gasteiger partial charge is 0.163 e. The minimum atomic E-state index is 0.168. The molecular formula is C19H22N2O2. The number of benzene rings is 1. The first-order valence-electron chi connectivity index (χ1n) is 8.11. The van der Waals surface area contributed by atoms with Crippen LogP contribution in [0.3, 0.4) is 0 Å². The standard InChI is InChI=1S/C19H22N2O2/c1-15-3-2-4-17(20-15)7-10-19(22)16-5-8-18(9-6-16)21-11-13-23-14-12-21/h2-6,8-9H,7,10-14H2,1H3. The SMILES string of the molecule is Cc1cccc(CCC(=O)c2ccc(N3CCOCC3)cc2)n1. The van der Waals surface area contributed by atoms with Crippen LogP contribution in [-0.4, -0.2) is 37.1 Å². The molecule has 1 saturated heterocycles. The van der Waals surface area contributed by atoms with Crippen molar-refractivity contribution in [2.24, 2.45) is 0 Å². The first-order valence-corrected chi connectivity index (χ1v) is 8.11. The molecule has 1 aliphatic heterocycles. The van der Waals surface area contributed by atoms with E-state index in [-0.39, 0.29) is 5.78 Å². The fourth-order valence-corrected chi connectivity index (χ4v) is 2.80. The van der Waals surface area contributed by atoms with Crippen molar-refractivity contribution >= 4 is 11.5 Å². The number of hydrogen-bond acceptors (Lipinski definition) is 4. The van der Waals surface area contributed by atoms with Crippen LogP contribution in [-0.2, 0) is 11.2 Å². The number of anilines is 1. The molecule has 3 rings (SSSR count). The van der Waals surface area contributed by atoms with E-state index in [0.717, 1.165) is 48.9 Å². The number of nitrogens with zero attached hydrogens (tertiary/aromatic N) is 2. The fraction of sp³-hybridized carbons (Fsp3) is 0.368. The maximum atomic E-state index is 12.3. The number of hydrogen-bond donors (Lipinski definition) is 0. The topological polar surface area (TPSA) is 42.4 Å². The monoisotopic (exact) mass is 310 g/mol. The van der Waals surface area contributed by atoms with Gasteiger partial charge in [0.1, 0.15) is 0 Å². The molecule has 2 aromatic rings. The van der Waals surface area contributed by atoms with E-state index in [1.165, 1.54) is 0 Å². The molecule has 4 heteroatoms. The Morgan fingerprint density at radius 3 is 2.57 bits per heavy atom. The Bertz CT molecular complexity index is 661. The Hall–Kier alpha value is -2.20. The number of ether oxygens (including phenoxy) is 1. The molecule has 0 radical (unpaired) electrons. The first-order chi connectivity index (χ1) is 11.2. The number of aromatic nitrogens is 1. The van der Waals surface area contributed by atoms with Crippen molar-refractivity contribution in [3.8, 4) is 0 Å². The summed E-state index contributed by atoms with van der Waals surface area (Å²) in [6.45, 7) is 5.32. The molecule has 0 atom stereocenters. The highest BCUT2D eigenvalue weighted by atomic mass is 16.5. The molecule has 1 fully saturated rings. The van der Waals surface area contributed by atoms with Gasteiger partial charge in [-0.15, -0.1) is 0 Å². The molecule has 4 nitrogen and oxygen atoms in total. The Morgan fingerprint density at radius 1 is 1.13 bits per heavy atom. The van der Waals surface area contributed by atoms with Gasteiger partial charge in [-0.3, -0.25) is 9.78 Å². The Labute approximate surface area is 137 Å². The molecule has 0 unspecified atom stereocenters. The van der Waals surface area contributed by atoms with Gasteiger partial charge in [0.05, 0.1) is 13.2 Å². The van der Waals surface area contributed by atoms with Gasteiger partial charge in [0.15, 0.2) is 5.78 Å². The van der Waals surface area contributed by atoms with Crippen LogP contribution in [0.15, 0.2) is 42.5 Å². The van der Waals surface area contributed by atoms with Gasteiger partial charge in [0.2, 0.25) is 0 Å². The maximum Gasteiger partial charge on any atom is 0.163 e. The van der Waals surface area contributed by atoms with Gasteiger partial charge in [-0.25, -0.2) is 0 Å². The van der Waals surface area contributed by atoms with Crippen LogP contribution in [0.25, 0.3) is 0 Å². The molecule has 120 valence electrons. The third-order valence-corrected chi connectivity index (χ3v) is 4.12. The van der Waals surface area contributed by atoms with E-state index in [1.807, 2.05) is 49.4 Å². The van der Waals surface area contributed by atoms with Crippen LogP contribution in [0.5, 0.6) is 0 Å². The summed E-state index contributed by atoms with van der Waals surface area (Å²) in [5.74, 6) is 0.168. The molecule has 1 aromatic carbocycles. The summed E-state index contributed by atoms with van der Waals surface area (Å²) in [7, 11) is 0. The summed E-state index contributed by atoms with van der Waals surface area (Å²) >= 11 is 0. The minimum absolute atomic E-state index is 0.168. The second-order valence-corrected chi connectivity index (χ2v) is 5.84. The van der Waals surface area contributed by atoms with Gasteiger partial charge in [-0.05, 0) is 49.7 Å². The normalized spacial score (nSPS) is 14.7. The number of Topliss-reactive ketones (excluding diaryl/α,β-unsaturated/α-hetero) is 1. The lowest BCUT2D eigenvalue weighted by molar-refractivity contribution is 0.0982. The van der Waals surface area contributed by atoms with E-state index in [9.17, 15) is 4.79 Å². The molecule has 23 heavy (non-hydrogen) atoms. The van der Waals surface area contributed by atoms with Gasteiger partial charge in [0, 0.05) is 42.1 Å². The third-order valence-electron chi connectivity index (χ3n) is 4.12. The van der Waals surface area contributed by atoms with Crippen molar-refractivity contribution in [2.75, 3.05) is 31.2 Å². The number of pyridine rings is 1. The quantitative estimate of drug-likeness (QED) is 0.796. The highest BCUT2D eigenvalue weighted by Crippen LogP contribution is 2.18. The zero-order valence-electron chi connectivity index (χ0n) is 13.5. The molecule has 1 aromatic heterocycles. The molecule has 0 bridgehead atoms. The van der Waals surface area contributed by atoms with E-state index in [2.05, 4.69) is 9.88 Å². The number of carbonyl (C=O) groups excluding carboxylic acids is 1. The maximum absolute atomic E-state index is 12.3. The van der Waals surface area contributed by atoms with Gasteiger partial charge in [-0.1, -0.05) is 6.07 Å². The van der Waals surface area contributed by atoms with Crippen molar-refractivity contribution in [3.05, 3.63) is 59.4 Å². The summed E-state index contributed by atoms with van der Waals surface area (Å²) in [5, 5.41) is 0. The summed E-state index contributed by atoms with van der Waals surface area (Å²) in [6, 6.07) is 13.8. The highest BCUT2D eigenvalue weighted by molar-refractivity contribution is 5.96. The summed E-state index contributed by atoms with van der Waals surface area (Å²) < 4.78 is 5.36. The van der Waals surface area contributed by atoms with Crippen molar-refractivity contribution in [1.82, 2.24) is 4.98 Å². The van der Waals surface area contributed by atoms with Crippen molar-refractivity contribution in [1.29, 1.82) is 0 Å². The second kappa shape index (κ2) is 7.38. The number of rotatable bonds is 5. The lowest BCUT2D eigenvalue weighted by Crippen LogP contribution is -2.36. The molecule has 0 spiro atoms. The number of aryl methyl sites for hydroxylation is 2. The molecule has 1 aliphatic rings. The lowest BCUT2D eigenvalue weighted by atomic mass is 10.0. The fourth-order valence-electron chi connectivity index (χ4n) is 2.80. The van der Waals surface area contributed by atoms with Crippen LogP contribution >= 0.6 is 0 Å². The van der Waals surface area contributed by atoms with Crippen LogP contribution in [0.1, 0.15) is 28.2 Å². The predicted octanol–water partition coefficient (Wildman–Crippen LogP) is 3.04. The first kappa shape index (κ1) is 15.7. The van der Waals surface area contributed by atoms with E-state index < -0.39 is 0 Å². The second-order valence-electron chi connectivity index (χ2n) is 5.84. The average Bonchev–Trinajstić information content (AvgIpc) is 2.61. The zero-order valence-corrected chi connectivity index (χ0v) is 13.5. The van der Waals surface area contributed by atoms with E-state index in [1.54, 1.807) is 0 Å². The third kappa shape index (κ3) is 4.17. The largest absolute Gasteiger partial charge is 0.378 e. The van der Waals surface area contributed by atoms with Crippen LogP contribution in [0.2, 0.25) is 0 Å². The van der Waals surface area contributed by atoms with E-state index >= 15 is 0 Å². The number of ketones is 1. The summed E-state index contributed by atoms with van der Waals surface area (Å²) in [6.07, 6.45) is 1.18. The van der Waals surface area contributed by atoms with Crippen LogP contribution in [0.4, 0.5) is 5.69 Å². The highest BCUT2D eigenvalue weighted by Gasteiger charge is 2.12. The van der Waals surface area contributed by atoms with E-state index in [4.69, 9.17) is 4.74 Å².